The van der Waals surface area contributed by atoms with Gasteiger partial charge >= 0.3 is 0 Å². The van der Waals surface area contributed by atoms with Crippen molar-refractivity contribution in [1.82, 2.24) is 14.1 Å². The fraction of sp³-hybridized carbons (Fsp3) is 0.481. The molecule has 0 aliphatic carbocycles. The Morgan fingerprint density at radius 1 is 1.05 bits per heavy atom. The Morgan fingerprint density at radius 3 is 2.38 bits per heavy atom. The van der Waals surface area contributed by atoms with Crippen molar-refractivity contribution in [1.29, 1.82) is 0 Å². The van der Waals surface area contributed by atoms with E-state index >= 15 is 4.39 Å². The van der Waals surface area contributed by atoms with Gasteiger partial charge in [-0.1, -0.05) is 36.4 Å². The van der Waals surface area contributed by atoms with Gasteiger partial charge in [0.2, 0.25) is 21.8 Å². The number of anilines is 1. The lowest BCUT2D eigenvalue weighted by molar-refractivity contribution is -0.143. The number of likely N-dealkylation sites (N-methyl/N-ethyl adjacent to an activating group) is 1. The highest BCUT2D eigenvalue weighted by molar-refractivity contribution is 7.89. The number of carbonyl (C=O) groups excluding carboxylic acids is 2. The number of hydrogen-bond acceptors (Lipinski definition) is 5. The van der Waals surface area contributed by atoms with Gasteiger partial charge in [0.05, 0.1) is 0 Å². The number of hydrogen-bond donors (Lipinski definition) is 0. The molecule has 37 heavy (non-hydrogen) atoms. The molecule has 4 rings (SSSR count). The van der Waals surface area contributed by atoms with Gasteiger partial charge < -0.3 is 14.7 Å². The van der Waals surface area contributed by atoms with E-state index in [0.717, 1.165) is 5.56 Å². The largest absolute Gasteiger partial charge is 0.367 e. The average Bonchev–Trinajstić information content (AvgIpc) is 2.86. The van der Waals surface area contributed by atoms with Crippen LogP contribution < -0.4 is 4.90 Å². The maximum atomic E-state index is 15.4. The number of carbonyl (C=O) groups is 2. The molecule has 1 unspecified atom stereocenters. The molecule has 0 saturated carbocycles. The maximum absolute atomic E-state index is 15.4. The summed E-state index contributed by atoms with van der Waals surface area (Å²) in [5.74, 6) is -0.854. The fourth-order valence-electron chi connectivity index (χ4n) is 5.28. The summed E-state index contributed by atoms with van der Waals surface area (Å²) in [5, 5.41) is -0.643. The van der Waals surface area contributed by atoms with Crippen LogP contribution in [0.3, 0.4) is 0 Å². The minimum Gasteiger partial charge on any atom is -0.367 e. The van der Waals surface area contributed by atoms with Crippen molar-refractivity contribution in [2.24, 2.45) is 0 Å². The van der Waals surface area contributed by atoms with Gasteiger partial charge in [-0.05, 0) is 37.5 Å². The zero-order chi connectivity index (χ0) is 26.9. The molecule has 0 aromatic heterocycles. The van der Waals surface area contributed by atoms with Crippen molar-refractivity contribution in [2.75, 3.05) is 38.6 Å². The normalized spacial score (nSPS) is 24.1. The number of piperazine rings is 1. The Kier molecular flexibility index (Phi) is 7.89. The highest BCUT2D eigenvalue weighted by atomic mass is 32.2. The molecule has 0 spiro atoms. The van der Waals surface area contributed by atoms with Crippen LogP contribution in [0.2, 0.25) is 0 Å². The molecule has 200 valence electrons. The van der Waals surface area contributed by atoms with Gasteiger partial charge in [0.1, 0.15) is 17.1 Å². The minimum absolute atomic E-state index is 0.0429. The van der Waals surface area contributed by atoms with Gasteiger partial charge in [-0.25, -0.2) is 12.8 Å². The third-order valence-electron chi connectivity index (χ3n) is 7.43. The summed E-state index contributed by atoms with van der Waals surface area (Å²) in [6, 6.07) is 13.1. The van der Waals surface area contributed by atoms with E-state index in [9.17, 15) is 18.0 Å². The Labute approximate surface area is 218 Å². The van der Waals surface area contributed by atoms with Crippen LogP contribution in [0, 0.1) is 5.82 Å². The Morgan fingerprint density at radius 2 is 1.76 bits per heavy atom. The van der Waals surface area contributed by atoms with Crippen molar-refractivity contribution in [3.8, 4) is 0 Å². The molecule has 2 aromatic rings. The van der Waals surface area contributed by atoms with E-state index in [4.69, 9.17) is 0 Å². The van der Waals surface area contributed by atoms with Crippen LogP contribution >= 0.6 is 0 Å². The van der Waals surface area contributed by atoms with Crippen LogP contribution in [0.15, 0.2) is 48.5 Å². The second kappa shape index (κ2) is 10.8. The van der Waals surface area contributed by atoms with Crippen molar-refractivity contribution in [3.05, 3.63) is 65.5 Å². The zero-order valence-electron chi connectivity index (χ0n) is 21.8. The highest BCUT2D eigenvalue weighted by Gasteiger charge is 2.41. The van der Waals surface area contributed by atoms with Crippen LogP contribution in [0.25, 0.3) is 0 Å². The van der Waals surface area contributed by atoms with Crippen molar-refractivity contribution in [3.63, 3.8) is 0 Å². The van der Waals surface area contributed by atoms with Crippen molar-refractivity contribution in [2.45, 2.75) is 50.6 Å². The van der Waals surface area contributed by atoms with Crippen LogP contribution in [0.1, 0.15) is 43.1 Å². The lowest BCUT2D eigenvalue weighted by Gasteiger charge is -2.42. The maximum Gasteiger partial charge on any atom is 0.246 e. The minimum atomic E-state index is -3.67. The quantitative estimate of drug-likeness (QED) is 0.594. The molecule has 3 atom stereocenters. The van der Waals surface area contributed by atoms with Gasteiger partial charge in [-0.15, -0.1) is 0 Å². The third kappa shape index (κ3) is 5.50. The van der Waals surface area contributed by atoms with Gasteiger partial charge in [0.15, 0.2) is 0 Å². The molecule has 2 saturated heterocycles. The van der Waals surface area contributed by atoms with Gasteiger partial charge in [0.25, 0.3) is 0 Å². The second-order valence-corrected chi connectivity index (χ2v) is 12.2. The molecule has 2 fully saturated rings. The molecule has 2 aromatic carbocycles. The first kappa shape index (κ1) is 27.1. The molecular weight excluding hydrogens is 495 g/mol. The summed E-state index contributed by atoms with van der Waals surface area (Å²) in [6.07, 6.45) is 1.23. The van der Waals surface area contributed by atoms with Crippen LogP contribution in [-0.2, 0) is 26.2 Å². The Balaban J connectivity index is 1.54. The van der Waals surface area contributed by atoms with E-state index in [1.807, 2.05) is 42.2 Å². The topological polar surface area (TPSA) is 81.2 Å². The molecule has 8 nitrogen and oxygen atoms in total. The monoisotopic (exact) mass is 530 g/mol. The van der Waals surface area contributed by atoms with E-state index in [1.165, 1.54) is 22.2 Å². The first-order valence-electron chi connectivity index (χ1n) is 12.6. The molecule has 0 N–H and O–H groups in total. The predicted octanol–water partition coefficient (Wildman–Crippen LogP) is 3.01. The summed E-state index contributed by atoms with van der Waals surface area (Å²) in [5.41, 5.74) is 1.65. The van der Waals surface area contributed by atoms with Crippen molar-refractivity contribution >= 4 is 27.5 Å². The Hall–Kier alpha value is -2.98. The van der Waals surface area contributed by atoms with E-state index in [-0.39, 0.29) is 30.9 Å². The lowest BCUT2D eigenvalue weighted by atomic mass is 10.0. The van der Waals surface area contributed by atoms with Gasteiger partial charge in [0, 0.05) is 64.5 Å². The van der Waals surface area contributed by atoms with Crippen LogP contribution in [0.5, 0.6) is 0 Å². The molecule has 2 aliphatic heterocycles. The van der Waals surface area contributed by atoms with Crippen molar-refractivity contribution < 1.29 is 22.4 Å². The fourth-order valence-corrected chi connectivity index (χ4v) is 7.47. The number of nitrogens with zero attached hydrogens (tertiary/aromatic N) is 4. The average molecular weight is 531 g/mol. The van der Waals surface area contributed by atoms with E-state index in [1.54, 1.807) is 31.1 Å². The summed E-state index contributed by atoms with van der Waals surface area (Å²) < 4.78 is 43.8. The third-order valence-corrected chi connectivity index (χ3v) is 9.80. The SMILES string of the molecule is CC(=O)N1CCN(c2ccc(CN3[C@@H](C)CCC(c4ccccc4)S3(=O)=O)c(F)c2)C[C@H]1C(=O)N(C)C. The van der Waals surface area contributed by atoms with E-state index in [0.29, 0.717) is 37.2 Å². The number of amides is 2. The standard InChI is InChI=1S/C27H35FN4O4S/c1-19-10-13-26(21-8-6-5-7-9-21)37(35,36)32(19)17-22-11-12-23(16-24(22)28)30-14-15-31(20(2)33)25(18-30)27(34)29(3)4/h5-9,11-12,16,19,25-26H,10,13-15,17-18H2,1-4H3/t19-,25-,26?/m0/s1. The molecule has 0 radical (unpaired) electrons. The molecule has 2 heterocycles. The van der Waals surface area contributed by atoms with Gasteiger partial charge in [-0.2, -0.15) is 4.31 Å². The molecule has 2 amide bonds. The van der Waals surface area contributed by atoms with Gasteiger partial charge in [-0.3, -0.25) is 9.59 Å². The highest BCUT2D eigenvalue weighted by Crippen LogP contribution is 2.38. The molecule has 0 bridgehead atoms. The number of benzene rings is 2. The predicted molar refractivity (Wildman–Crippen MR) is 141 cm³/mol. The molecule has 2 aliphatic rings. The summed E-state index contributed by atoms with van der Waals surface area (Å²) in [7, 11) is -0.385. The zero-order valence-corrected chi connectivity index (χ0v) is 22.6. The molecule has 10 heteroatoms. The second-order valence-electron chi connectivity index (χ2n) is 10.1. The number of sulfonamides is 1. The Bertz CT molecular complexity index is 1250. The first-order chi connectivity index (χ1) is 17.5. The van der Waals surface area contributed by atoms with E-state index in [2.05, 4.69) is 0 Å². The summed E-state index contributed by atoms with van der Waals surface area (Å²) in [4.78, 5) is 29.7. The number of halogens is 1. The number of rotatable bonds is 5. The van der Waals surface area contributed by atoms with Crippen LogP contribution in [-0.4, -0.2) is 80.2 Å². The first-order valence-corrected chi connectivity index (χ1v) is 14.1. The summed E-state index contributed by atoms with van der Waals surface area (Å²) >= 11 is 0. The smallest absolute Gasteiger partial charge is 0.246 e. The molecular formula is C27H35FN4O4S. The van der Waals surface area contributed by atoms with E-state index < -0.39 is 27.1 Å². The van der Waals surface area contributed by atoms with Crippen LogP contribution in [0.4, 0.5) is 10.1 Å². The summed E-state index contributed by atoms with van der Waals surface area (Å²) in [6.45, 7) is 4.34. The lowest BCUT2D eigenvalue weighted by Crippen LogP contribution is -2.60.